The fourth-order valence-electron chi connectivity index (χ4n) is 2.94. The maximum atomic E-state index is 13.4. The Labute approximate surface area is 179 Å². The number of carboxylic acids is 1. The molecule has 0 aromatic heterocycles. The molecule has 0 unspecified atom stereocenters. The van der Waals surface area contributed by atoms with Crippen molar-refractivity contribution >= 4 is 30.8 Å². The number of hydrogen-bond donors (Lipinski definition) is 5. The van der Waals surface area contributed by atoms with Crippen LogP contribution in [-0.4, -0.2) is 49.9 Å². The number of hydrogen-bond acceptors (Lipinski definition) is 7. The highest BCUT2D eigenvalue weighted by Gasteiger charge is 2.65. The number of nitrogens with two attached hydrogens (primary N) is 2. The first-order valence-corrected chi connectivity index (χ1v) is 10.2. The van der Waals surface area contributed by atoms with Gasteiger partial charge in [-0.2, -0.15) is 13.2 Å². The molecule has 1 amide bonds. The number of carbonyl (C=O) groups is 2. The first-order valence-electron chi connectivity index (χ1n) is 8.60. The normalized spacial score (nSPS) is 12.2. The summed E-state index contributed by atoms with van der Waals surface area (Å²) in [6.45, 7) is -1.80. The predicted octanol–water partition coefficient (Wildman–Crippen LogP) is 1.01. The maximum Gasteiger partial charge on any atom is 0.471 e. The van der Waals surface area contributed by atoms with Crippen molar-refractivity contribution in [2.75, 3.05) is 16.6 Å². The molecule has 11 nitrogen and oxygen atoms in total. The Kier molecular flexibility index (Phi) is 7.17. The molecular formula is C17H19F3N5O6P. The van der Waals surface area contributed by atoms with E-state index in [-0.39, 0.29) is 21.4 Å². The van der Waals surface area contributed by atoms with Gasteiger partial charge >= 0.3 is 31.2 Å². The fourth-order valence-corrected chi connectivity index (χ4v) is 4.21. The Balaban J connectivity index is 2.96. The van der Waals surface area contributed by atoms with E-state index in [1.165, 1.54) is 60.7 Å². The van der Waals surface area contributed by atoms with Gasteiger partial charge in [0.05, 0.1) is 11.4 Å². The van der Waals surface area contributed by atoms with Crippen LogP contribution in [0.4, 0.5) is 24.5 Å². The zero-order chi connectivity index (χ0) is 24.3. The number of anilines is 2. The van der Waals surface area contributed by atoms with Crippen molar-refractivity contribution in [3.8, 4) is 0 Å². The van der Waals surface area contributed by atoms with E-state index in [1.54, 1.807) is 0 Å². The molecule has 0 aliphatic heterocycles. The number of aliphatic carboxylic acids is 1. The summed E-state index contributed by atoms with van der Waals surface area (Å²) in [5.74, 6) is 6.94. The Morgan fingerprint density at radius 2 is 1.25 bits per heavy atom. The molecule has 15 heteroatoms. The lowest BCUT2D eigenvalue weighted by Crippen LogP contribution is -2.77. The molecule has 174 valence electrons. The maximum absolute atomic E-state index is 13.4. The molecule has 0 aliphatic carbocycles. The Hall–Kier alpha value is -3.16. The average molecular weight is 477 g/mol. The van der Waals surface area contributed by atoms with Crippen molar-refractivity contribution in [3.05, 3.63) is 60.7 Å². The summed E-state index contributed by atoms with van der Waals surface area (Å²) in [5, 5.41) is 9.46. The number of halogens is 3. The van der Waals surface area contributed by atoms with Gasteiger partial charge in [0.2, 0.25) is 0 Å². The van der Waals surface area contributed by atoms with Crippen LogP contribution in [0.15, 0.2) is 60.7 Å². The van der Waals surface area contributed by atoms with Crippen LogP contribution in [0.2, 0.25) is 0 Å². The number of para-hydroxylation sites is 2. The van der Waals surface area contributed by atoms with E-state index < -0.39 is 42.6 Å². The smallest absolute Gasteiger partial charge is 0.471 e. The number of hydrazine groups is 2. The van der Waals surface area contributed by atoms with Crippen LogP contribution in [0.3, 0.4) is 0 Å². The molecule has 0 saturated heterocycles. The first kappa shape index (κ1) is 25.1. The van der Waals surface area contributed by atoms with Gasteiger partial charge in [0.25, 0.3) is 0 Å². The van der Waals surface area contributed by atoms with Gasteiger partial charge in [-0.15, -0.1) is 0 Å². The average Bonchev–Trinajstić information content (AvgIpc) is 2.72. The molecule has 32 heavy (non-hydrogen) atoms. The van der Waals surface area contributed by atoms with Crippen molar-refractivity contribution in [1.82, 2.24) is 4.90 Å². The lowest BCUT2D eigenvalue weighted by atomic mass is 10.2. The second-order valence-corrected chi connectivity index (χ2v) is 8.03. The fraction of sp³-hybridized carbons (Fsp3) is 0.176. The van der Waals surface area contributed by atoms with E-state index in [0.717, 1.165) is 0 Å². The Bertz CT molecular complexity index is 959. The molecule has 0 atom stereocenters. The van der Waals surface area contributed by atoms with Crippen molar-refractivity contribution < 1.29 is 42.2 Å². The molecule has 2 aromatic rings. The van der Waals surface area contributed by atoms with Crippen LogP contribution >= 0.6 is 7.60 Å². The quantitative estimate of drug-likeness (QED) is 0.160. The minimum absolute atomic E-state index is 0.132. The third kappa shape index (κ3) is 4.69. The van der Waals surface area contributed by atoms with Crippen molar-refractivity contribution in [1.29, 1.82) is 0 Å². The molecule has 0 aliphatic rings. The highest BCUT2D eigenvalue weighted by molar-refractivity contribution is 7.53. The molecule has 2 aromatic carbocycles. The summed E-state index contributed by atoms with van der Waals surface area (Å²) in [5.41, 5.74) is -4.21. The summed E-state index contributed by atoms with van der Waals surface area (Å²) in [6, 6.07) is 13.0. The highest BCUT2D eigenvalue weighted by Crippen LogP contribution is 2.56. The van der Waals surface area contributed by atoms with Gasteiger partial charge in [0.1, 0.15) is 6.54 Å². The van der Waals surface area contributed by atoms with Gasteiger partial charge < -0.3 is 14.9 Å². The summed E-state index contributed by atoms with van der Waals surface area (Å²) in [6.07, 6.45) is -5.73. The molecule has 0 spiro atoms. The van der Waals surface area contributed by atoms with Crippen LogP contribution in [0.1, 0.15) is 0 Å². The molecule has 0 radical (unpaired) electrons. The lowest BCUT2D eigenvalue weighted by Gasteiger charge is -2.52. The van der Waals surface area contributed by atoms with Crippen molar-refractivity contribution in [2.45, 2.75) is 11.7 Å². The summed E-state index contributed by atoms with van der Waals surface area (Å²) in [7, 11) is -6.04. The number of nitrogens with zero attached hydrogens (tertiary/aromatic N) is 3. The zero-order valence-electron chi connectivity index (χ0n) is 16.1. The molecule has 0 fully saturated rings. The summed E-state index contributed by atoms with van der Waals surface area (Å²) >= 11 is 0. The minimum atomic E-state index is -6.04. The van der Waals surface area contributed by atoms with Crippen LogP contribution in [0, 0.1) is 0 Å². The Morgan fingerprint density at radius 1 is 0.875 bits per heavy atom. The topological polar surface area (TPSA) is 174 Å². The molecular weight excluding hydrogens is 458 g/mol. The second-order valence-electron chi connectivity index (χ2n) is 6.34. The third-order valence-electron chi connectivity index (χ3n) is 4.25. The second kappa shape index (κ2) is 9.14. The third-order valence-corrected chi connectivity index (χ3v) is 5.70. The van der Waals surface area contributed by atoms with E-state index in [4.69, 9.17) is 11.7 Å². The standard InChI is InChI=1S/C17H19F3N5O6P/c18-16(19,20)15(28)23(11-14(26)27)17(32(29,30)31,24(21)12-7-3-1-4-8-12)25(22)13-9-5-2-6-10-13/h1-10H,11,21-22H2,(H,26,27)(H2,29,30,31). The number of alkyl halides is 3. The van der Waals surface area contributed by atoms with E-state index in [9.17, 15) is 42.2 Å². The van der Waals surface area contributed by atoms with Crippen molar-refractivity contribution in [2.24, 2.45) is 11.7 Å². The molecule has 0 saturated carbocycles. The van der Waals surface area contributed by atoms with Gasteiger partial charge in [-0.3, -0.25) is 29.1 Å². The van der Waals surface area contributed by atoms with Gasteiger partial charge in [0, 0.05) is 0 Å². The lowest BCUT2D eigenvalue weighted by molar-refractivity contribution is -0.191. The van der Waals surface area contributed by atoms with Crippen LogP contribution in [0.5, 0.6) is 0 Å². The number of carboxylic acid groups (broad SMARTS) is 1. The summed E-state index contributed by atoms with van der Waals surface area (Å²) < 4.78 is 53.2. The molecule has 0 bridgehead atoms. The SMILES string of the molecule is NN(c1ccccc1)C(N(CC(=O)O)C(=O)C(F)(F)F)(N(N)c1ccccc1)P(=O)(O)O. The van der Waals surface area contributed by atoms with Gasteiger partial charge in [-0.25, -0.2) is 11.7 Å². The largest absolute Gasteiger partial charge is 0.480 e. The highest BCUT2D eigenvalue weighted by atomic mass is 31.2. The molecule has 7 N–H and O–H groups in total. The molecule has 2 rings (SSSR count). The van der Waals surface area contributed by atoms with Crippen LogP contribution in [0.25, 0.3) is 0 Å². The van der Waals surface area contributed by atoms with Crippen LogP contribution in [-0.2, 0) is 14.2 Å². The van der Waals surface area contributed by atoms with Gasteiger partial charge in [-0.1, -0.05) is 36.4 Å². The minimum Gasteiger partial charge on any atom is -0.480 e. The summed E-state index contributed by atoms with van der Waals surface area (Å²) in [4.78, 5) is 43.7. The number of amides is 1. The number of benzene rings is 2. The first-order chi connectivity index (χ1) is 14.7. The van der Waals surface area contributed by atoms with E-state index in [0.29, 0.717) is 0 Å². The number of rotatable bonds is 8. The van der Waals surface area contributed by atoms with Gasteiger partial charge in [-0.05, 0) is 24.3 Å². The predicted molar refractivity (Wildman–Crippen MR) is 106 cm³/mol. The Morgan fingerprint density at radius 3 is 1.53 bits per heavy atom. The van der Waals surface area contributed by atoms with E-state index in [1.807, 2.05) is 0 Å². The monoisotopic (exact) mass is 477 g/mol. The van der Waals surface area contributed by atoms with Crippen LogP contribution < -0.4 is 21.7 Å². The van der Waals surface area contributed by atoms with Gasteiger partial charge in [0.15, 0.2) is 0 Å². The van der Waals surface area contributed by atoms with E-state index >= 15 is 0 Å². The van der Waals surface area contributed by atoms with E-state index in [2.05, 4.69) is 0 Å². The molecule has 0 heterocycles. The number of carbonyl (C=O) groups excluding carboxylic acids is 1. The zero-order valence-corrected chi connectivity index (χ0v) is 17.0. The van der Waals surface area contributed by atoms with Crippen molar-refractivity contribution in [3.63, 3.8) is 0 Å².